The van der Waals surface area contributed by atoms with Gasteiger partial charge in [0.2, 0.25) is 5.91 Å². The summed E-state index contributed by atoms with van der Waals surface area (Å²) in [5.74, 6) is -0.777. The van der Waals surface area contributed by atoms with Gasteiger partial charge in [-0.2, -0.15) is 5.26 Å². The maximum absolute atomic E-state index is 13.3. The number of allylic oxidation sites excluding steroid dienone is 1. The van der Waals surface area contributed by atoms with Gasteiger partial charge in [-0.1, -0.05) is 42.0 Å². The van der Waals surface area contributed by atoms with Crippen LogP contribution >= 0.6 is 11.8 Å². The summed E-state index contributed by atoms with van der Waals surface area (Å²) < 4.78 is 13.3. The molecule has 1 fully saturated rings. The molecule has 2 aromatic rings. The lowest BCUT2D eigenvalue weighted by molar-refractivity contribution is -0.149. The fourth-order valence-corrected chi connectivity index (χ4v) is 5.00. The molecule has 0 aromatic heterocycles. The average molecular weight is 380 g/mol. The summed E-state index contributed by atoms with van der Waals surface area (Å²) in [4.78, 5) is 14.3. The van der Waals surface area contributed by atoms with Gasteiger partial charge in [-0.05, 0) is 24.6 Å². The molecule has 1 amide bonds. The second-order valence-electron chi connectivity index (χ2n) is 6.84. The number of hydrogen-bond donors (Lipinski definition) is 1. The second-order valence-corrected chi connectivity index (χ2v) is 7.80. The van der Waals surface area contributed by atoms with Crippen LogP contribution in [0.2, 0.25) is 0 Å². The third-order valence-corrected chi connectivity index (χ3v) is 6.32. The van der Waals surface area contributed by atoms with Gasteiger partial charge in [-0.25, -0.2) is 4.39 Å². The van der Waals surface area contributed by atoms with Gasteiger partial charge in [-0.15, -0.1) is 11.8 Å². The zero-order chi connectivity index (χ0) is 19.2. The smallest absolute Gasteiger partial charge is 0.231 e. The minimum absolute atomic E-state index is 0.111. The Balaban J connectivity index is 1.79. The number of thioether (sulfide) groups is 1. The number of carbonyl (C=O) groups is 1. The minimum atomic E-state index is -1.58. The molecule has 6 heteroatoms. The highest BCUT2D eigenvalue weighted by atomic mass is 32.2. The third kappa shape index (κ3) is 2.84. The first-order chi connectivity index (χ1) is 12.9. The van der Waals surface area contributed by atoms with E-state index in [4.69, 9.17) is 0 Å². The van der Waals surface area contributed by atoms with Crippen molar-refractivity contribution < 1.29 is 14.3 Å². The van der Waals surface area contributed by atoms with E-state index in [1.807, 2.05) is 31.2 Å². The Labute approximate surface area is 160 Å². The number of benzene rings is 2. The van der Waals surface area contributed by atoms with Gasteiger partial charge in [0.1, 0.15) is 5.82 Å². The summed E-state index contributed by atoms with van der Waals surface area (Å²) in [6.07, 6.45) is 0.111. The molecule has 4 rings (SSSR count). The normalized spacial score (nSPS) is 24.7. The Kier molecular flexibility index (Phi) is 4.29. The molecule has 2 atom stereocenters. The van der Waals surface area contributed by atoms with Crippen molar-refractivity contribution in [2.75, 3.05) is 5.75 Å². The lowest BCUT2D eigenvalue weighted by Crippen LogP contribution is -2.48. The monoisotopic (exact) mass is 380 g/mol. The molecule has 1 saturated heterocycles. The van der Waals surface area contributed by atoms with Gasteiger partial charge < -0.3 is 5.11 Å². The molecule has 0 aliphatic carbocycles. The van der Waals surface area contributed by atoms with Crippen molar-refractivity contribution in [2.45, 2.75) is 25.0 Å². The van der Waals surface area contributed by atoms with Crippen molar-refractivity contribution in [2.24, 2.45) is 0 Å². The summed E-state index contributed by atoms with van der Waals surface area (Å²) in [6, 6.07) is 15.5. The van der Waals surface area contributed by atoms with Crippen LogP contribution in [0.15, 0.2) is 59.1 Å². The minimum Gasteiger partial charge on any atom is -0.366 e. The van der Waals surface area contributed by atoms with Crippen LogP contribution in [0.4, 0.5) is 4.39 Å². The number of halogens is 1. The van der Waals surface area contributed by atoms with Gasteiger partial charge in [0.05, 0.1) is 22.4 Å². The Hall–Kier alpha value is -2.62. The van der Waals surface area contributed by atoms with Crippen molar-refractivity contribution in [1.82, 2.24) is 4.90 Å². The van der Waals surface area contributed by atoms with Crippen LogP contribution in [0, 0.1) is 24.1 Å². The number of aliphatic hydroxyl groups is 1. The highest BCUT2D eigenvalue weighted by Crippen LogP contribution is 2.51. The molecule has 0 radical (unpaired) electrons. The van der Waals surface area contributed by atoms with Gasteiger partial charge in [0.15, 0.2) is 5.72 Å². The molecule has 4 nitrogen and oxygen atoms in total. The molecule has 1 N–H and O–H groups in total. The molecule has 2 aliphatic rings. The lowest BCUT2D eigenvalue weighted by atomic mass is 9.85. The molecule has 2 heterocycles. The number of fused-ring (bicyclic) bond motifs is 1. The summed E-state index contributed by atoms with van der Waals surface area (Å²) >= 11 is 1.29. The maximum Gasteiger partial charge on any atom is 0.231 e. The second kappa shape index (κ2) is 6.52. The lowest BCUT2D eigenvalue weighted by Gasteiger charge is -2.38. The predicted molar refractivity (Wildman–Crippen MR) is 101 cm³/mol. The van der Waals surface area contributed by atoms with E-state index < -0.39 is 11.5 Å². The quantitative estimate of drug-likeness (QED) is 0.861. The summed E-state index contributed by atoms with van der Waals surface area (Å²) in [5.41, 5.74) is 1.36. The van der Waals surface area contributed by atoms with Crippen molar-refractivity contribution in [3.8, 4) is 6.07 Å². The van der Waals surface area contributed by atoms with Crippen molar-refractivity contribution in [3.63, 3.8) is 0 Å². The van der Waals surface area contributed by atoms with Crippen molar-refractivity contribution in [1.29, 1.82) is 5.26 Å². The van der Waals surface area contributed by atoms with Crippen LogP contribution in [-0.2, 0) is 10.5 Å². The summed E-state index contributed by atoms with van der Waals surface area (Å²) in [7, 11) is 0. The first-order valence-electron chi connectivity index (χ1n) is 8.59. The van der Waals surface area contributed by atoms with E-state index in [-0.39, 0.29) is 24.0 Å². The fourth-order valence-electron chi connectivity index (χ4n) is 3.64. The highest BCUT2D eigenvalue weighted by Gasteiger charge is 2.51. The molecule has 2 aromatic carbocycles. The number of nitriles is 1. The molecule has 27 heavy (non-hydrogen) atoms. The topological polar surface area (TPSA) is 64.3 Å². The number of carbonyl (C=O) groups excluding carboxylic acids is 1. The summed E-state index contributed by atoms with van der Waals surface area (Å²) in [5, 5.41) is 21.5. The summed E-state index contributed by atoms with van der Waals surface area (Å²) in [6.45, 7) is 1.98. The third-order valence-electron chi connectivity index (χ3n) is 5.10. The number of hydrogen-bond acceptors (Lipinski definition) is 4. The molecule has 0 saturated carbocycles. The molecule has 0 spiro atoms. The van der Waals surface area contributed by atoms with Crippen molar-refractivity contribution in [3.05, 3.63) is 81.6 Å². The van der Waals surface area contributed by atoms with E-state index in [0.717, 1.165) is 11.1 Å². The largest absolute Gasteiger partial charge is 0.366 e. The van der Waals surface area contributed by atoms with E-state index in [2.05, 4.69) is 6.07 Å². The number of nitrogens with zero attached hydrogens (tertiary/aromatic N) is 2. The molecular weight excluding hydrogens is 363 g/mol. The molecular formula is C21H17FN2O2S. The zero-order valence-electron chi connectivity index (χ0n) is 14.6. The number of rotatable bonds is 2. The SMILES string of the molecule is Cc1ccc([C@H]2CC(=O)N3C(=C2C#N)SC[C@@]3(O)c2ccc(F)cc2)cc1. The van der Waals surface area contributed by atoms with E-state index in [1.54, 1.807) is 0 Å². The Bertz CT molecular complexity index is 979. The predicted octanol–water partition coefficient (Wildman–Crippen LogP) is 3.78. The maximum atomic E-state index is 13.3. The van der Waals surface area contributed by atoms with E-state index >= 15 is 0 Å². The van der Waals surface area contributed by atoms with Crippen LogP contribution in [0.3, 0.4) is 0 Å². The molecule has 136 valence electrons. The van der Waals surface area contributed by atoms with Gasteiger partial charge >= 0.3 is 0 Å². The van der Waals surface area contributed by atoms with E-state index in [9.17, 15) is 19.6 Å². The van der Waals surface area contributed by atoms with Gasteiger partial charge in [0.25, 0.3) is 0 Å². The molecule has 2 aliphatic heterocycles. The van der Waals surface area contributed by atoms with E-state index in [0.29, 0.717) is 16.2 Å². The first kappa shape index (κ1) is 17.8. The van der Waals surface area contributed by atoms with Crippen LogP contribution in [-0.4, -0.2) is 21.7 Å². The zero-order valence-corrected chi connectivity index (χ0v) is 15.5. The van der Waals surface area contributed by atoms with Crippen LogP contribution < -0.4 is 0 Å². The Morgan fingerprint density at radius 3 is 2.52 bits per heavy atom. The van der Waals surface area contributed by atoms with Gasteiger partial charge in [0, 0.05) is 17.9 Å². The standard InChI is InChI=1S/C21H17FN2O2S/c1-13-2-4-14(5-3-13)17-10-19(25)24-20(18(17)11-23)27-12-21(24,26)15-6-8-16(22)9-7-15/h2-9,17,26H,10,12H2,1H3/t17-,21-/m1/s1. The molecule has 0 bridgehead atoms. The highest BCUT2D eigenvalue weighted by molar-refractivity contribution is 8.03. The van der Waals surface area contributed by atoms with Crippen molar-refractivity contribution >= 4 is 17.7 Å². The van der Waals surface area contributed by atoms with Crippen LogP contribution in [0.5, 0.6) is 0 Å². The number of amides is 1. The van der Waals surface area contributed by atoms with Crippen LogP contribution in [0.25, 0.3) is 0 Å². The van der Waals surface area contributed by atoms with Crippen LogP contribution in [0.1, 0.15) is 29.0 Å². The van der Waals surface area contributed by atoms with Gasteiger partial charge in [-0.3, -0.25) is 9.69 Å². The average Bonchev–Trinajstić information content (AvgIpc) is 3.02. The Morgan fingerprint density at radius 2 is 1.89 bits per heavy atom. The number of aryl methyl sites for hydroxylation is 1. The van der Waals surface area contributed by atoms with E-state index in [1.165, 1.54) is 40.9 Å². The molecule has 0 unspecified atom stereocenters. The Morgan fingerprint density at radius 1 is 1.22 bits per heavy atom. The first-order valence-corrected chi connectivity index (χ1v) is 9.57. The fraction of sp³-hybridized carbons (Fsp3) is 0.238.